The predicted octanol–water partition coefficient (Wildman–Crippen LogP) is 4.12. The zero-order valence-corrected chi connectivity index (χ0v) is 14.7. The second kappa shape index (κ2) is 6.48. The van der Waals surface area contributed by atoms with Gasteiger partial charge in [0.05, 0.1) is 15.1 Å². The molecule has 0 radical (unpaired) electrons. The smallest absolute Gasteiger partial charge is 0.293 e. The van der Waals surface area contributed by atoms with Gasteiger partial charge in [-0.25, -0.2) is 4.98 Å². The maximum Gasteiger partial charge on any atom is 0.293 e. The standard InChI is InChI=1S/C17H16N4O3S/c1-9-6-10(2)15-14(7-9)25-17(19-15)20-16(22)11-4-5-12(18-3)13(8-11)21(23)24/h4-8,18H,1-3H3,(H,19,20,22). The number of thiazole rings is 1. The summed E-state index contributed by atoms with van der Waals surface area (Å²) in [5.41, 5.74) is 3.43. The first-order valence-corrected chi connectivity index (χ1v) is 8.36. The average Bonchev–Trinajstić information content (AvgIpc) is 2.96. The zero-order valence-electron chi connectivity index (χ0n) is 13.9. The van der Waals surface area contributed by atoms with Crippen LogP contribution < -0.4 is 10.6 Å². The predicted molar refractivity (Wildman–Crippen MR) is 99.7 cm³/mol. The number of nitro groups is 1. The number of aryl methyl sites for hydroxylation is 2. The summed E-state index contributed by atoms with van der Waals surface area (Å²) in [6.07, 6.45) is 0. The summed E-state index contributed by atoms with van der Waals surface area (Å²) < 4.78 is 0.990. The second-order valence-corrected chi connectivity index (χ2v) is 6.67. The van der Waals surface area contributed by atoms with E-state index in [1.807, 2.05) is 26.0 Å². The molecular formula is C17H16N4O3S. The van der Waals surface area contributed by atoms with E-state index in [-0.39, 0.29) is 11.3 Å². The number of carbonyl (C=O) groups excluding carboxylic acids is 1. The fraction of sp³-hybridized carbons (Fsp3) is 0.176. The van der Waals surface area contributed by atoms with Gasteiger partial charge >= 0.3 is 0 Å². The Morgan fingerprint density at radius 1 is 1.24 bits per heavy atom. The fourth-order valence-electron chi connectivity index (χ4n) is 2.63. The van der Waals surface area contributed by atoms with Crippen LogP contribution in [-0.4, -0.2) is 22.9 Å². The molecule has 0 fully saturated rings. The van der Waals surface area contributed by atoms with Crippen molar-refractivity contribution in [2.24, 2.45) is 0 Å². The van der Waals surface area contributed by atoms with Crippen LogP contribution in [0.25, 0.3) is 10.2 Å². The lowest BCUT2D eigenvalue weighted by Crippen LogP contribution is -2.12. The van der Waals surface area contributed by atoms with Crippen molar-refractivity contribution < 1.29 is 9.72 Å². The highest BCUT2D eigenvalue weighted by molar-refractivity contribution is 7.22. The van der Waals surface area contributed by atoms with Crippen molar-refractivity contribution in [3.05, 3.63) is 57.1 Å². The van der Waals surface area contributed by atoms with E-state index in [1.165, 1.54) is 29.5 Å². The Balaban J connectivity index is 1.91. The molecule has 25 heavy (non-hydrogen) atoms. The van der Waals surface area contributed by atoms with Crippen LogP contribution in [-0.2, 0) is 0 Å². The Morgan fingerprint density at radius 3 is 2.68 bits per heavy atom. The number of amides is 1. The van der Waals surface area contributed by atoms with Crippen molar-refractivity contribution in [2.75, 3.05) is 17.7 Å². The van der Waals surface area contributed by atoms with Crippen LogP contribution >= 0.6 is 11.3 Å². The highest BCUT2D eigenvalue weighted by Crippen LogP contribution is 2.30. The van der Waals surface area contributed by atoms with Gasteiger partial charge in [-0.1, -0.05) is 17.4 Å². The molecule has 0 aliphatic carbocycles. The number of hydrogen-bond acceptors (Lipinski definition) is 6. The lowest BCUT2D eigenvalue weighted by molar-refractivity contribution is -0.384. The van der Waals surface area contributed by atoms with Gasteiger partial charge in [-0.05, 0) is 43.2 Å². The van der Waals surface area contributed by atoms with Gasteiger partial charge in [0.15, 0.2) is 5.13 Å². The van der Waals surface area contributed by atoms with Gasteiger partial charge in [0.2, 0.25) is 0 Å². The molecule has 8 heteroatoms. The van der Waals surface area contributed by atoms with Crippen molar-refractivity contribution in [3.8, 4) is 0 Å². The molecule has 0 atom stereocenters. The molecule has 1 aromatic heterocycles. The summed E-state index contributed by atoms with van der Waals surface area (Å²) in [5, 5.41) is 17.1. The first-order valence-electron chi connectivity index (χ1n) is 7.54. The van der Waals surface area contributed by atoms with Crippen LogP contribution in [0.15, 0.2) is 30.3 Å². The van der Waals surface area contributed by atoms with Gasteiger partial charge in [-0.2, -0.15) is 0 Å². The van der Waals surface area contributed by atoms with Crippen molar-refractivity contribution >= 4 is 44.0 Å². The van der Waals surface area contributed by atoms with Gasteiger partial charge in [-0.15, -0.1) is 0 Å². The molecule has 128 valence electrons. The maximum absolute atomic E-state index is 12.4. The number of nitrogens with one attached hydrogen (secondary N) is 2. The molecule has 0 saturated heterocycles. The third-order valence-electron chi connectivity index (χ3n) is 3.78. The number of aromatic nitrogens is 1. The SMILES string of the molecule is CNc1ccc(C(=O)Nc2nc3c(C)cc(C)cc3s2)cc1[N+](=O)[O-]. The highest BCUT2D eigenvalue weighted by Gasteiger charge is 2.18. The number of hydrogen-bond donors (Lipinski definition) is 2. The molecule has 0 unspecified atom stereocenters. The van der Waals surface area contributed by atoms with Gasteiger partial charge in [0, 0.05) is 18.7 Å². The number of benzene rings is 2. The normalized spacial score (nSPS) is 10.7. The molecule has 1 amide bonds. The second-order valence-electron chi connectivity index (χ2n) is 5.64. The summed E-state index contributed by atoms with van der Waals surface area (Å²) >= 11 is 1.38. The van der Waals surface area contributed by atoms with E-state index in [1.54, 1.807) is 7.05 Å². The van der Waals surface area contributed by atoms with Crippen LogP contribution in [0.3, 0.4) is 0 Å². The Morgan fingerprint density at radius 2 is 2.00 bits per heavy atom. The molecule has 0 bridgehead atoms. The summed E-state index contributed by atoms with van der Waals surface area (Å²) in [6, 6.07) is 8.36. The molecule has 0 spiro atoms. The van der Waals surface area contributed by atoms with Crippen LogP contribution in [0.4, 0.5) is 16.5 Å². The van der Waals surface area contributed by atoms with Gasteiger partial charge in [-0.3, -0.25) is 20.2 Å². The number of carbonyl (C=O) groups is 1. The number of rotatable bonds is 4. The van der Waals surface area contributed by atoms with E-state index in [0.717, 1.165) is 21.3 Å². The number of nitro benzene ring substituents is 1. The molecule has 0 aliphatic heterocycles. The van der Waals surface area contributed by atoms with E-state index in [9.17, 15) is 14.9 Å². The zero-order chi connectivity index (χ0) is 18.1. The monoisotopic (exact) mass is 356 g/mol. The Kier molecular flexibility index (Phi) is 4.37. The molecule has 0 saturated carbocycles. The van der Waals surface area contributed by atoms with E-state index in [2.05, 4.69) is 15.6 Å². The molecule has 7 nitrogen and oxygen atoms in total. The molecule has 2 N–H and O–H groups in total. The first kappa shape index (κ1) is 16.8. The quantitative estimate of drug-likeness (QED) is 0.541. The first-order chi connectivity index (χ1) is 11.9. The third-order valence-corrected chi connectivity index (χ3v) is 4.69. The summed E-state index contributed by atoms with van der Waals surface area (Å²) in [5.74, 6) is -0.431. The van der Waals surface area contributed by atoms with Crippen LogP contribution in [0, 0.1) is 24.0 Å². The summed E-state index contributed by atoms with van der Waals surface area (Å²) in [6.45, 7) is 3.98. The van der Waals surface area contributed by atoms with Gasteiger partial charge in [0.1, 0.15) is 5.69 Å². The summed E-state index contributed by atoms with van der Waals surface area (Å²) in [7, 11) is 1.59. The molecular weight excluding hydrogens is 340 g/mol. The Labute approximate surface area is 147 Å². The average molecular weight is 356 g/mol. The molecule has 3 rings (SSSR count). The van der Waals surface area contributed by atoms with Crippen molar-refractivity contribution in [1.82, 2.24) is 4.98 Å². The van der Waals surface area contributed by atoms with Crippen LogP contribution in [0.5, 0.6) is 0 Å². The minimum absolute atomic E-state index is 0.147. The Hall–Kier alpha value is -3.00. The van der Waals surface area contributed by atoms with E-state index in [4.69, 9.17) is 0 Å². The third kappa shape index (κ3) is 3.29. The largest absolute Gasteiger partial charge is 0.383 e. The van der Waals surface area contributed by atoms with E-state index in [0.29, 0.717) is 10.8 Å². The van der Waals surface area contributed by atoms with Crippen LogP contribution in [0.2, 0.25) is 0 Å². The van der Waals surface area contributed by atoms with E-state index >= 15 is 0 Å². The minimum atomic E-state index is -0.521. The van der Waals surface area contributed by atoms with Crippen LogP contribution in [0.1, 0.15) is 21.5 Å². The van der Waals surface area contributed by atoms with E-state index < -0.39 is 10.8 Å². The van der Waals surface area contributed by atoms with Crippen molar-refractivity contribution in [1.29, 1.82) is 0 Å². The molecule has 3 aromatic rings. The lowest BCUT2D eigenvalue weighted by Gasteiger charge is -2.05. The highest BCUT2D eigenvalue weighted by atomic mass is 32.1. The number of fused-ring (bicyclic) bond motifs is 1. The number of nitrogens with zero attached hydrogens (tertiary/aromatic N) is 2. The fourth-order valence-corrected chi connectivity index (χ4v) is 3.67. The van der Waals surface area contributed by atoms with Gasteiger partial charge in [0.25, 0.3) is 11.6 Å². The topological polar surface area (TPSA) is 97.2 Å². The minimum Gasteiger partial charge on any atom is -0.383 e. The Bertz CT molecular complexity index is 997. The summed E-state index contributed by atoms with van der Waals surface area (Å²) in [4.78, 5) is 27.5. The lowest BCUT2D eigenvalue weighted by atomic mass is 10.1. The molecule has 0 aliphatic rings. The number of anilines is 2. The van der Waals surface area contributed by atoms with Crippen molar-refractivity contribution in [2.45, 2.75) is 13.8 Å². The molecule has 2 aromatic carbocycles. The maximum atomic E-state index is 12.4. The van der Waals surface area contributed by atoms with Gasteiger partial charge < -0.3 is 5.32 Å². The van der Waals surface area contributed by atoms with Crippen molar-refractivity contribution in [3.63, 3.8) is 0 Å². The molecule has 1 heterocycles.